The minimum absolute atomic E-state index is 0.0350. The van der Waals surface area contributed by atoms with E-state index >= 15 is 0 Å². The van der Waals surface area contributed by atoms with Crippen LogP contribution in [-0.2, 0) is 6.54 Å². The highest BCUT2D eigenvalue weighted by Crippen LogP contribution is 2.29. The van der Waals surface area contributed by atoms with E-state index in [4.69, 9.17) is 21.4 Å². The van der Waals surface area contributed by atoms with Crippen LogP contribution in [0, 0.1) is 0 Å². The first-order valence-electron chi connectivity index (χ1n) is 6.70. The molecule has 3 aromatic rings. The zero-order valence-corrected chi connectivity index (χ0v) is 12.1. The third kappa shape index (κ3) is 2.86. The van der Waals surface area contributed by atoms with Gasteiger partial charge in [-0.2, -0.15) is 0 Å². The Hall–Kier alpha value is -2.04. The SMILES string of the molecule is OCCOc1cccc(Cn2cnc3ccccc32)c1Cl. The van der Waals surface area contributed by atoms with Crippen molar-refractivity contribution in [1.29, 1.82) is 0 Å². The topological polar surface area (TPSA) is 47.3 Å². The zero-order valence-electron chi connectivity index (χ0n) is 11.4. The lowest BCUT2D eigenvalue weighted by Crippen LogP contribution is -2.04. The van der Waals surface area contributed by atoms with Crippen LogP contribution < -0.4 is 4.74 Å². The molecule has 0 fully saturated rings. The molecule has 0 aliphatic heterocycles. The van der Waals surface area contributed by atoms with E-state index in [0.29, 0.717) is 17.3 Å². The van der Waals surface area contributed by atoms with Crippen LogP contribution in [0.1, 0.15) is 5.56 Å². The standard InChI is InChI=1S/C16H15ClN2O2/c17-16-12(4-3-7-15(16)21-9-8-20)10-19-11-18-13-5-1-2-6-14(13)19/h1-7,11,20H,8-10H2. The lowest BCUT2D eigenvalue weighted by molar-refractivity contribution is 0.201. The van der Waals surface area contributed by atoms with E-state index in [1.807, 2.05) is 47.3 Å². The quantitative estimate of drug-likeness (QED) is 0.788. The summed E-state index contributed by atoms with van der Waals surface area (Å²) in [4.78, 5) is 4.37. The van der Waals surface area contributed by atoms with Crippen molar-refractivity contribution in [3.63, 3.8) is 0 Å². The van der Waals surface area contributed by atoms with Crippen LogP contribution >= 0.6 is 11.6 Å². The van der Waals surface area contributed by atoms with Crippen molar-refractivity contribution in [2.24, 2.45) is 0 Å². The zero-order chi connectivity index (χ0) is 14.7. The Kier molecular flexibility index (Phi) is 4.08. The minimum Gasteiger partial charge on any atom is -0.490 e. The summed E-state index contributed by atoms with van der Waals surface area (Å²) in [6.07, 6.45) is 1.81. The highest BCUT2D eigenvalue weighted by atomic mass is 35.5. The van der Waals surface area contributed by atoms with Gasteiger partial charge in [0.25, 0.3) is 0 Å². The lowest BCUT2D eigenvalue weighted by Gasteiger charge is -2.11. The van der Waals surface area contributed by atoms with E-state index in [0.717, 1.165) is 16.6 Å². The maximum Gasteiger partial charge on any atom is 0.138 e. The summed E-state index contributed by atoms with van der Waals surface area (Å²) in [6.45, 7) is 0.819. The molecule has 0 aliphatic rings. The highest BCUT2D eigenvalue weighted by Gasteiger charge is 2.09. The van der Waals surface area contributed by atoms with Crippen molar-refractivity contribution < 1.29 is 9.84 Å². The third-order valence-electron chi connectivity index (χ3n) is 3.26. The molecule has 5 heteroatoms. The number of fused-ring (bicyclic) bond motifs is 1. The number of hydrogen-bond donors (Lipinski definition) is 1. The van der Waals surface area contributed by atoms with Crippen LogP contribution in [0.4, 0.5) is 0 Å². The van der Waals surface area contributed by atoms with Gasteiger partial charge < -0.3 is 14.4 Å². The number of aliphatic hydroxyl groups is 1. The molecule has 0 spiro atoms. The molecular weight excluding hydrogens is 288 g/mol. The molecule has 0 saturated carbocycles. The molecule has 0 saturated heterocycles. The van der Waals surface area contributed by atoms with Gasteiger partial charge in [-0.05, 0) is 23.8 Å². The number of benzene rings is 2. The molecular formula is C16H15ClN2O2. The Morgan fingerprint density at radius 2 is 2.00 bits per heavy atom. The van der Waals surface area contributed by atoms with Crippen molar-refractivity contribution in [2.45, 2.75) is 6.54 Å². The van der Waals surface area contributed by atoms with Crippen LogP contribution in [0.5, 0.6) is 5.75 Å². The average molecular weight is 303 g/mol. The fourth-order valence-electron chi connectivity index (χ4n) is 2.27. The molecule has 0 amide bonds. The fourth-order valence-corrected chi connectivity index (χ4v) is 2.51. The van der Waals surface area contributed by atoms with Gasteiger partial charge in [-0.25, -0.2) is 4.98 Å². The Labute approximate surface area is 127 Å². The van der Waals surface area contributed by atoms with E-state index in [9.17, 15) is 0 Å². The predicted octanol–water partition coefficient (Wildman–Crippen LogP) is 3.11. The molecule has 1 aromatic heterocycles. The van der Waals surface area contributed by atoms with Crippen molar-refractivity contribution in [3.05, 3.63) is 59.4 Å². The number of hydrogen-bond acceptors (Lipinski definition) is 3. The van der Waals surface area contributed by atoms with Gasteiger partial charge in [-0.15, -0.1) is 0 Å². The van der Waals surface area contributed by atoms with Crippen LogP contribution in [0.2, 0.25) is 5.02 Å². The molecule has 0 atom stereocenters. The van der Waals surface area contributed by atoms with Gasteiger partial charge in [-0.3, -0.25) is 0 Å². The van der Waals surface area contributed by atoms with E-state index < -0.39 is 0 Å². The Balaban J connectivity index is 1.91. The van der Waals surface area contributed by atoms with Gasteiger partial charge in [0.1, 0.15) is 12.4 Å². The molecule has 21 heavy (non-hydrogen) atoms. The van der Waals surface area contributed by atoms with Crippen molar-refractivity contribution in [3.8, 4) is 5.75 Å². The van der Waals surface area contributed by atoms with E-state index in [1.54, 1.807) is 6.07 Å². The number of para-hydroxylation sites is 2. The van der Waals surface area contributed by atoms with Gasteiger partial charge in [0, 0.05) is 0 Å². The van der Waals surface area contributed by atoms with Crippen LogP contribution in [0.25, 0.3) is 11.0 Å². The number of imidazole rings is 1. The maximum atomic E-state index is 8.83. The predicted molar refractivity (Wildman–Crippen MR) is 82.9 cm³/mol. The normalized spacial score (nSPS) is 11.0. The molecule has 108 valence electrons. The number of aliphatic hydroxyl groups excluding tert-OH is 1. The summed E-state index contributed by atoms with van der Waals surface area (Å²) in [5.74, 6) is 0.590. The van der Waals surface area contributed by atoms with Crippen molar-refractivity contribution in [1.82, 2.24) is 9.55 Å². The summed E-state index contributed by atoms with van der Waals surface area (Å²) in [5, 5.41) is 9.41. The summed E-state index contributed by atoms with van der Waals surface area (Å²) >= 11 is 6.37. The van der Waals surface area contributed by atoms with Crippen LogP contribution in [-0.4, -0.2) is 27.9 Å². The maximum absolute atomic E-state index is 8.83. The van der Waals surface area contributed by atoms with Gasteiger partial charge in [0.2, 0.25) is 0 Å². The number of rotatable bonds is 5. The number of aromatic nitrogens is 2. The van der Waals surface area contributed by atoms with E-state index in [1.165, 1.54) is 0 Å². The molecule has 1 heterocycles. The average Bonchev–Trinajstić information content (AvgIpc) is 2.91. The number of halogens is 1. The van der Waals surface area contributed by atoms with E-state index in [2.05, 4.69) is 4.98 Å². The van der Waals surface area contributed by atoms with Gasteiger partial charge in [0.15, 0.2) is 0 Å². The smallest absolute Gasteiger partial charge is 0.138 e. The van der Waals surface area contributed by atoms with Gasteiger partial charge in [-0.1, -0.05) is 35.9 Å². The second-order valence-corrected chi connectivity index (χ2v) is 5.04. The van der Waals surface area contributed by atoms with Crippen molar-refractivity contribution in [2.75, 3.05) is 13.2 Å². The fraction of sp³-hybridized carbons (Fsp3) is 0.188. The lowest BCUT2D eigenvalue weighted by atomic mass is 10.2. The molecule has 2 aromatic carbocycles. The summed E-state index contributed by atoms with van der Waals surface area (Å²) in [6, 6.07) is 13.6. The Morgan fingerprint density at radius 1 is 1.14 bits per heavy atom. The van der Waals surface area contributed by atoms with E-state index in [-0.39, 0.29) is 13.2 Å². The Bertz CT molecular complexity index is 755. The Morgan fingerprint density at radius 3 is 2.86 bits per heavy atom. The molecule has 0 aliphatic carbocycles. The molecule has 1 N–H and O–H groups in total. The molecule has 3 rings (SSSR count). The molecule has 0 unspecified atom stereocenters. The highest BCUT2D eigenvalue weighted by molar-refractivity contribution is 6.32. The largest absolute Gasteiger partial charge is 0.490 e. The summed E-state index contributed by atoms with van der Waals surface area (Å²) < 4.78 is 7.47. The van der Waals surface area contributed by atoms with Gasteiger partial charge in [0.05, 0.1) is 35.5 Å². The first-order valence-corrected chi connectivity index (χ1v) is 7.08. The van der Waals surface area contributed by atoms with Crippen molar-refractivity contribution >= 4 is 22.6 Å². The summed E-state index contributed by atoms with van der Waals surface area (Å²) in [7, 11) is 0. The third-order valence-corrected chi connectivity index (χ3v) is 3.69. The first-order chi connectivity index (χ1) is 10.3. The molecule has 0 bridgehead atoms. The van der Waals surface area contributed by atoms with Crippen LogP contribution in [0.15, 0.2) is 48.8 Å². The minimum atomic E-state index is -0.0350. The summed E-state index contributed by atoms with van der Waals surface area (Å²) in [5.41, 5.74) is 2.98. The first kappa shape index (κ1) is 13.9. The number of ether oxygens (including phenoxy) is 1. The molecule has 0 radical (unpaired) electrons. The monoisotopic (exact) mass is 302 g/mol. The second kappa shape index (κ2) is 6.16. The van der Waals surface area contributed by atoms with Gasteiger partial charge >= 0.3 is 0 Å². The second-order valence-electron chi connectivity index (χ2n) is 4.66. The van der Waals surface area contributed by atoms with Crippen LogP contribution in [0.3, 0.4) is 0 Å². The number of nitrogens with zero attached hydrogens (tertiary/aromatic N) is 2. The molecule has 4 nitrogen and oxygen atoms in total.